The zero-order chi connectivity index (χ0) is 18.4. The van der Waals surface area contributed by atoms with Crippen molar-refractivity contribution < 1.29 is 9.59 Å². The molecule has 0 aliphatic carbocycles. The van der Waals surface area contributed by atoms with Gasteiger partial charge >= 0.3 is 0 Å². The van der Waals surface area contributed by atoms with E-state index in [0.717, 1.165) is 10.2 Å². The Bertz CT molecular complexity index is 890. The maximum absolute atomic E-state index is 12.2. The molecule has 0 aliphatic rings. The summed E-state index contributed by atoms with van der Waals surface area (Å²) >= 11 is 3.35. The summed E-state index contributed by atoms with van der Waals surface area (Å²) in [6.07, 6.45) is 3.89. The summed E-state index contributed by atoms with van der Waals surface area (Å²) in [5.74, 6) is -0.345. The number of halogens is 1. The third-order valence-electron chi connectivity index (χ3n) is 3.85. The highest BCUT2D eigenvalue weighted by Crippen LogP contribution is 2.15. The molecule has 0 fully saturated rings. The van der Waals surface area contributed by atoms with Crippen molar-refractivity contribution in [2.24, 2.45) is 0 Å². The minimum absolute atomic E-state index is 0.167. The normalized spacial score (nSPS) is 10.3. The average molecular weight is 412 g/mol. The van der Waals surface area contributed by atoms with Crippen molar-refractivity contribution in [1.82, 2.24) is 15.2 Å². The second kappa shape index (κ2) is 8.49. The van der Waals surface area contributed by atoms with Gasteiger partial charge in [-0.3, -0.25) is 9.59 Å². The second-order valence-electron chi connectivity index (χ2n) is 5.63. The molecule has 0 atom stereocenters. The molecule has 5 nitrogen and oxygen atoms in total. The van der Waals surface area contributed by atoms with Crippen molar-refractivity contribution in [3.8, 4) is 5.69 Å². The number of carbonyl (C=O) groups excluding carboxylic acids is 2. The molecule has 0 saturated carbocycles. The summed E-state index contributed by atoms with van der Waals surface area (Å²) in [5.41, 5.74) is 2.14. The van der Waals surface area contributed by atoms with Gasteiger partial charge in [-0.2, -0.15) is 0 Å². The molecular weight excluding hydrogens is 394 g/mol. The topological polar surface area (TPSA) is 63.1 Å². The molecule has 6 heteroatoms. The quantitative estimate of drug-likeness (QED) is 0.610. The number of nitrogens with one attached hydrogen (secondary N) is 2. The molecule has 3 aromatic rings. The van der Waals surface area contributed by atoms with Crippen LogP contribution >= 0.6 is 15.9 Å². The molecular formula is C20H18BrN3O2. The van der Waals surface area contributed by atoms with Crippen LogP contribution in [0.15, 0.2) is 77.5 Å². The first-order valence-corrected chi connectivity index (χ1v) is 8.99. The molecule has 1 aromatic heterocycles. The Balaban J connectivity index is 1.47. The van der Waals surface area contributed by atoms with Crippen molar-refractivity contribution >= 4 is 27.7 Å². The average Bonchev–Trinajstić information content (AvgIpc) is 3.20. The number of aromatic nitrogens is 1. The number of nitrogens with zero attached hydrogens (tertiary/aromatic N) is 1. The van der Waals surface area contributed by atoms with Crippen molar-refractivity contribution in [2.75, 3.05) is 13.1 Å². The molecule has 0 unspecified atom stereocenters. The smallest absolute Gasteiger partial charge is 0.252 e. The zero-order valence-corrected chi connectivity index (χ0v) is 15.6. The van der Waals surface area contributed by atoms with E-state index >= 15 is 0 Å². The van der Waals surface area contributed by atoms with Crippen LogP contribution in [-0.4, -0.2) is 29.5 Å². The fraction of sp³-hybridized carbons (Fsp3) is 0.100. The van der Waals surface area contributed by atoms with E-state index in [1.807, 2.05) is 53.4 Å². The Morgan fingerprint density at radius 2 is 1.42 bits per heavy atom. The lowest BCUT2D eigenvalue weighted by Crippen LogP contribution is -2.34. The lowest BCUT2D eigenvalue weighted by atomic mass is 10.2. The summed E-state index contributed by atoms with van der Waals surface area (Å²) in [6, 6.07) is 18.5. The van der Waals surface area contributed by atoms with Gasteiger partial charge in [0.05, 0.1) is 5.56 Å². The van der Waals surface area contributed by atoms with Gasteiger partial charge in [-0.15, -0.1) is 0 Å². The largest absolute Gasteiger partial charge is 0.350 e. The van der Waals surface area contributed by atoms with E-state index in [9.17, 15) is 9.59 Å². The highest BCUT2D eigenvalue weighted by molar-refractivity contribution is 9.10. The van der Waals surface area contributed by atoms with E-state index in [2.05, 4.69) is 26.6 Å². The fourth-order valence-electron chi connectivity index (χ4n) is 2.49. The van der Waals surface area contributed by atoms with Gasteiger partial charge in [0, 0.05) is 41.2 Å². The molecule has 1 heterocycles. The van der Waals surface area contributed by atoms with Crippen LogP contribution in [-0.2, 0) is 0 Å². The van der Waals surface area contributed by atoms with Gasteiger partial charge in [-0.05, 0) is 64.5 Å². The monoisotopic (exact) mass is 411 g/mol. The predicted octanol–water partition coefficient (Wildman–Crippen LogP) is 3.40. The SMILES string of the molecule is O=C(NCCNC(=O)c1ccccc1Br)c1ccc(-n2cccc2)cc1. The number of amides is 2. The van der Waals surface area contributed by atoms with Gasteiger partial charge in [-0.25, -0.2) is 0 Å². The summed E-state index contributed by atoms with van der Waals surface area (Å²) < 4.78 is 2.71. The third kappa shape index (κ3) is 4.40. The first kappa shape index (κ1) is 17.9. The van der Waals surface area contributed by atoms with E-state index in [-0.39, 0.29) is 11.8 Å². The number of hydrogen-bond donors (Lipinski definition) is 2. The Morgan fingerprint density at radius 3 is 2.08 bits per heavy atom. The molecule has 2 N–H and O–H groups in total. The summed E-state index contributed by atoms with van der Waals surface area (Å²) in [7, 11) is 0. The fourth-order valence-corrected chi connectivity index (χ4v) is 2.95. The Hall–Kier alpha value is -2.86. The van der Waals surface area contributed by atoms with E-state index in [1.165, 1.54) is 0 Å². The number of hydrogen-bond acceptors (Lipinski definition) is 2. The summed E-state index contributed by atoms with van der Waals surface area (Å²) in [6.45, 7) is 0.710. The van der Waals surface area contributed by atoms with Gasteiger partial charge in [0.15, 0.2) is 0 Å². The van der Waals surface area contributed by atoms with Crippen LogP contribution in [0.3, 0.4) is 0 Å². The van der Waals surface area contributed by atoms with Crippen LogP contribution in [0.5, 0.6) is 0 Å². The van der Waals surface area contributed by atoms with Crippen LogP contribution in [0.1, 0.15) is 20.7 Å². The molecule has 0 radical (unpaired) electrons. The van der Waals surface area contributed by atoms with E-state index in [1.54, 1.807) is 24.3 Å². The molecule has 2 aromatic carbocycles. The van der Waals surface area contributed by atoms with Crippen LogP contribution in [0.4, 0.5) is 0 Å². The molecule has 2 amide bonds. The summed E-state index contributed by atoms with van der Waals surface area (Å²) in [4.78, 5) is 24.2. The lowest BCUT2D eigenvalue weighted by molar-refractivity contribution is 0.0927. The minimum atomic E-state index is -0.178. The standard InChI is InChI=1S/C20H18BrN3O2/c21-18-6-2-1-5-17(18)20(26)23-12-11-22-19(25)15-7-9-16(10-8-15)24-13-3-4-14-24/h1-10,13-14H,11-12H2,(H,22,25)(H,23,26). The highest BCUT2D eigenvalue weighted by atomic mass is 79.9. The lowest BCUT2D eigenvalue weighted by Gasteiger charge is -2.09. The minimum Gasteiger partial charge on any atom is -0.350 e. The molecule has 0 bridgehead atoms. The maximum Gasteiger partial charge on any atom is 0.252 e. The van der Waals surface area contributed by atoms with Gasteiger partial charge in [0.2, 0.25) is 0 Å². The van der Waals surface area contributed by atoms with Crippen molar-refractivity contribution in [1.29, 1.82) is 0 Å². The highest BCUT2D eigenvalue weighted by Gasteiger charge is 2.09. The zero-order valence-electron chi connectivity index (χ0n) is 14.0. The van der Waals surface area contributed by atoms with Crippen molar-refractivity contribution in [3.05, 3.63) is 88.7 Å². The van der Waals surface area contributed by atoms with Crippen LogP contribution in [0.2, 0.25) is 0 Å². The molecule has 0 aliphatic heterocycles. The molecule has 132 valence electrons. The third-order valence-corrected chi connectivity index (χ3v) is 4.54. The number of rotatable bonds is 6. The first-order valence-electron chi connectivity index (χ1n) is 8.19. The number of carbonyl (C=O) groups is 2. The molecule has 3 rings (SSSR count). The van der Waals surface area contributed by atoms with E-state index < -0.39 is 0 Å². The van der Waals surface area contributed by atoms with Crippen LogP contribution < -0.4 is 10.6 Å². The van der Waals surface area contributed by atoms with Crippen molar-refractivity contribution in [2.45, 2.75) is 0 Å². The molecule has 26 heavy (non-hydrogen) atoms. The van der Waals surface area contributed by atoms with Gasteiger partial charge in [-0.1, -0.05) is 12.1 Å². The van der Waals surface area contributed by atoms with Gasteiger partial charge in [0.1, 0.15) is 0 Å². The maximum atomic E-state index is 12.2. The van der Waals surface area contributed by atoms with Gasteiger partial charge < -0.3 is 15.2 Å². The molecule has 0 saturated heterocycles. The summed E-state index contributed by atoms with van der Waals surface area (Å²) in [5, 5.41) is 5.59. The Labute approximate surface area is 160 Å². The Kier molecular flexibility index (Phi) is 5.86. The predicted molar refractivity (Wildman–Crippen MR) is 105 cm³/mol. The van der Waals surface area contributed by atoms with E-state index in [4.69, 9.17) is 0 Å². The second-order valence-corrected chi connectivity index (χ2v) is 6.48. The number of benzene rings is 2. The molecule has 0 spiro atoms. The first-order chi connectivity index (χ1) is 12.6. The van der Waals surface area contributed by atoms with E-state index in [0.29, 0.717) is 24.2 Å². The van der Waals surface area contributed by atoms with Gasteiger partial charge in [0.25, 0.3) is 11.8 Å². The van der Waals surface area contributed by atoms with Crippen molar-refractivity contribution in [3.63, 3.8) is 0 Å². The van der Waals surface area contributed by atoms with Crippen LogP contribution in [0, 0.1) is 0 Å². The Morgan fingerprint density at radius 1 is 0.808 bits per heavy atom. The van der Waals surface area contributed by atoms with Crippen LogP contribution in [0.25, 0.3) is 5.69 Å².